The molecule has 0 spiro atoms. The quantitative estimate of drug-likeness (QED) is 0.0145. The van der Waals surface area contributed by atoms with Crippen molar-refractivity contribution in [2.75, 3.05) is 44.7 Å². The number of thioether (sulfide) groups is 1. The van der Waals surface area contributed by atoms with Gasteiger partial charge in [0.05, 0.1) is 6.42 Å². The molecule has 0 saturated heterocycles. The van der Waals surface area contributed by atoms with Crippen LogP contribution in [0.5, 0.6) is 0 Å². The first-order chi connectivity index (χ1) is 47.7. The maximum Gasteiger partial charge on any atom is 0.243 e. The monoisotopic (exact) mass is 1420 g/mol. The number of aliphatic imine (C=N–C) groups is 2. The van der Waals surface area contributed by atoms with Crippen molar-refractivity contribution < 1.29 is 57.5 Å². The molecule has 35 heteroatoms. The van der Waals surface area contributed by atoms with Gasteiger partial charge < -0.3 is 110 Å². The molecule has 0 aliphatic rings. The first-order valence-corrected chi connectivity index (χ1v) is 35.0. The Labute approximate surface area is 586 Å². The predicted molar refractivity (Wildman–Crippen MR) is 382 cm³/mol. The molecule has 12 amide bonds. The molecule has 3 rings (SSSR count). The van der Waals surface area contributed by atoms with Crippen LogP contribution in [0.2, 0.25) is 0 Å². The van der Waals surface area contributed by atoms with Crippen molar-refractivity contribution in [2.45, 2.75) is 183 Å². The summed E-state index contributed by atoms with van der Waals surface area (Å²) in [6, 6.07) is 3.54. The number of carbonyl (C=O) groups excluding carboxylic acids is 12. The van der Waals surface area contributed by atoms with E-state index < -0.39 is 138 Å². The van der Waals surface area contributed by atoms with Crippen LogP contribution >= 0.6 is 11.8 Å². The van der Waals surface area contributed by atoms with Crippen molar-refractivity contribution in [3.63, 3.8) is 0 Å². The summed E-state index contributed by atoms with van der Waals surface area (Å²) in [5, 5.41) is 24.7. The van der Waals surface area contributed by atoms with Gasteiger partial charge in [-0.05, 0) is 152 Å². The third-order valence-corrected chi connectivity index (χ3v) is 16.7. The van der Waals surface area contributed by atoms with Gasteiger partial charge in [0.1, 0.15) is 54.4 Å². The number of unbranched alkanes of at least 4 members (excludes halogenated alkanes) is 3. The van der Waals surface area contributed by atoms with Gasteiger partial charge in [-0.2, -0.15) is 11.8 Å². The molecule has 30 N–H and O–H groups in total. The van der Waals surface area contributed by atoms with E-state index in [9.17, 15) is 57.5 Å². The van der Waals surface area contributed by atoms with Gasteiger partial charge in [-0.25, -0.2) is 0 Å². The molecule has 0 saturated carbocycles. The Kier molecular flexibility index (Phi) is 39.5. The summed E-state index contributed by atoms with van der Waals surface area (Å²) >= 11 is 1.33. The number of aromatic amines is 1. The van der Waals surface area contributed by atoms with Crippen molar-refractivity contribution >= 4 is 105 Å². The van der Waals surface area contributed by atoms with Crippen molar-refractivity contribution in [2.24, 2.45) is 73.2 Å². The van der Waals surface area contributed by atoms with Gasteiger partial charge in [0, 0.05) is 48.9 Å². The molecule has 2 aromatic carbocycles. The number of fused-ring (bicyclic) bond motifs is 1. The number of nitrogens with two attached hydrogens (primary N) is 10. The molecule has 0 aliphatic heterocycles. The van der Waals surface area contributed by atoms with E-state index in [1.54, 1.807) is 37.6 Å². The van der Waals surface area contributed by atoms with Crippen molar-refractivity contribution in [3.8, 4) is 0 Å². The van der Waals surface area contributed by atoms with Crippen LogP contribution in [0, 0.1) is 5.92 Å². The molecule has 554 valence electrons. The zero-order valence-corrected chi connectivity index (χ0v) is 58.0. The van der Waals surface area contributed by atoms with Crippen molar-refractivity contribution in [3.05, 3.63) is 71.9 Å². The summed E-state index contributed by atoms with van der Waals surface area (Å²) in [5.41, 5.74) is 58.6. The molecule has 10 atom stereocenters. The van der Waals surface area contributed by atoms with Crippen LogP contribution in [0.1, 0.15) is 127 Å². The number of amides is 12. The highest BCUT2D eigenvalue weighted by atomic mass is 32.2. The molecule has 0 bridgehead atoms. The number of aromatic nitrogens is 1. The SMILES string of the molecule is CSCC[C@H](NC(=O)[C@H](CCCN=C(N)N)NC(=O)[C@H](CCCN=C(N)N)NC(=O)[C@H](CC(N)=O)NC(=O)[C@H](CCC(N)=O)NC(=O)[C@@H](C)Cc1ccccc1)C(=O)N[C@@H](CCCCN)C(=O)N[C@@H](Cc1c[nH]c2ccccc12)C(=O)N[C@@H](CCCCN)C(=O)N[C@@H](CCCCN)C(N)=O. The third-order valence-electron chi connectivity index (χ3n) is 16.1. The zero-order chi connectivity index (χ0) is 74.1. The normalized spacial score (nSPS) is 14.1. The molecule has 100 heavy (non-hydrogen) atoms. The first kappa shape index (κ1) is 84.6. The Balaban J connectivity index is 2.03. The molecule has 3 aromatic rings. The number of nitrogens with zero attached hydrogens (tertiary/aromatic N) is 2. The average molecular weight is 1420 g/mol. The van der Waals surface area contributed by atoms with E-state index in [-0.39, 0.29) is 121 Å². The van der Waals surface area contributed by atoms with Crippen LogP contribution in [0.25, 0.3) is 10.9 Å². The molecular weight excluding hydrogens is 1310 g/mol. The van der Waals surface area contributed by atoms with Gasteiger partial charge in [0.2, 0.25) is 70.9 Å². The molecule has 0 aliphatic carbocycles. The average Bonchev–Trinajstić information content (AvgIpc) is 1.62. The lowest BCUT2D eigenvalue weighted by Gasteiger charge is -2.28. The smallest absolute Gasteiger partial charge is 0.243 e. The van der Waals surface area contributed by atoms with E-state index in [0.717, 1.165) is 16.5 Å². The fraction of sp³-hybridized carbons (Fsp3) is 0.569. The highest BCUT2D eigenvalue weighted by molar-refractivity contribution is 7.98. The minimum Gasteiger partial charge on any atom is -0.370 e. The Hall–Kier alpha value is -9.61. The third kappa shape index (κ3) is 32.4. The van der Waals surface area contributed by atoms with Crippen LogP contribution in [0.4, 0.5) is 0 Å². The number of hydrogen-bond acceptors (Lipinski definition) is 18. The lowest BCUT2D eigenvalue weighted by Crippen LogP contribution is -2.61. The van der Waals surface area contributed by atoms with Gasteiger partial charge in [-0.1, -0.05) is 55.5 Å². The van der Waals surface area contributed by atoms with Crippen LogP contribution in [-0.2, 0) is 70.4 Å². The van der Waals surface area contributed by atoms with E-state index in [2.05, 4.69) is 62.8 Å². The standard InChI is InChI=1S/C65H106N22O12S/c1-38(34-39-16-4-3-5-17-39)55(91)80-48(25-26-52(69)88)60(96)87-51(36-53(70)89)63(99)84-47(24-15-32-77-65(74)75)57(93)82-46(23-14-31-76-64(72)73)58(94)85-49(27-33-100-2)61(97)81-45(22-10-13-30-68)59(95)86-50(35-40-37-78-42-19-7-6-18-41(40)42)62(98)83-44(21-9-12-29-67)56(92)79-43(54(71)90)20-8-11-28-66/h3-7,16-19,37-38,43-51,78H,8-15,20-36,66-68H2,1-2H3,(H2,69,88)(H2,70,89)(H2,71,90)(H,79,92)(H,80,91)(H,81,97)(H,82,93)(H,83,98)(H,84,99)(H,85,94)(H,86,95)(H,87,96)(H4,72,73,76)(H4,74,75,77)/t38-,43-,44-,45-,46-,47-,48-,49-,50-,51-/m0/s1. The maximum atomic E-state index is 14.9. The lowest BCUT2D eigenvalue weighted by molar-refractivity contribution is -0.136. The lowest BCUT2D eigenvalue weighted by atomic mass is 9.99. The van der Waals surface area contributed by atoms with E-state index in [4.69, 9.17) is 57.3 Å². The van der Waals surface area contributed by atoms with Crippen LogP contribution in [0.3, 0.4) is 0 Å². The second-order valence-electron chi connectivity index (χ2n) is 24.3. The summed E-state index contributed by atoms with van der Waals surface area (Å²) in [7, 11) is 0. The molecule has 1 heterocycles. The number of primary amides is 3. The van der Waals surface area contributed by atoms with Gasteiger partial charge in [-0.3, -0.25) is 67.5 Å². The molecule has 1 aromatic heterocycles. The largest absolute Gasteiger partial charge is 0.370 e. The maximum absolute atomic E-state index is 14.9. The minimum absolute atomic E-state index is 0.00712. The second kappa shape index (κ2) is 46.6. The first-order valence-electron chi connectivity index (χ1n) is 33.6. The van der Waals surface area contributed by atoms with Gasteiger partial charge in [0.15, 0.2) is 11.9 Å². The fourth-order valence-corrected chi connectivity index (χ4v) is 11.1. The van der Waals surface area contributed by atoms with Crippen molar-refractivity contribution in [1.29, 1.82) is 0 Å². The van der Waals surface area contributed by atoms with Crippen LogP contribution in [0.15, 0.2) is 70.8 Å². The Morgan fingerprint density at radius 1 is 0.420 bits per heavy atom. The van der Waals surface area contributed by atoms with E-state index in [1.165, 1.54) is 11.8 Å². The van der Waals surface area contributed by atoms with Crippen molar-refractivity contribution in [1.82, 2.24) is 52.8 Å². The summed E-state index contributed by atoms with van der Waals surface area (Å²) in [6.07, 6.45) is 4.70. The highest BCUT2D eigenvalue weighted by Crippen LogP contribution is 2.21. The molecular formula is C65H106N22O12S. The fourth-order valence-electron chi connectivity index (χ4n) is 10.6. The molecule has 0 radical (unpaired) electrons. The van der Waals surface area contributed by atoms with E-state index in [0.29, 0.717) is 50.6 Å². The summed E-state index contributed by atoms with van der Waals surface area (Å²) in [5.74, 6) is -11.3. The summed E-state index contributed by atoms with van der Waals surface area (Å²) in [6.45, 7) is 2.38. The summed E-state index contributed by atoms with van der Waals surface area (Å²) in [4.78, 5) is 178. The Morgan fingerprint density at radius 2 is 0.800 bits per heavy atom. The number of H-pyrrole nitrogens is 1. The van der Waals surface area contributed by atoms with Crippen LogP contribution in [-0.4, -0.2) is 187 Å². The Bertz CT molecular complexity index is 3200. The number of nitrogens with one attached hydrogen (secondary N) is 10. The number of para-hydroxylation sites is 1. The van der Waals surface area contributed by atoms with Gasteiger partial charge in [-0.15, -0.1) is 0 Å². The summed E-state index contributed by atoms with van der Waals surface area (Å²) < 4.78 is 0. The zero-order valence-electron chi connectivity index (χ0n) is 57.2. The molecule has 34 nitrogen and oxygen atoms in total. The highest BCUT2D eigenvalue weighted by Gasteiger charge is 2.36. The topological polar surface area (TPSA) is 614 Å². The number of guanidine groups is 2. The van der Waals surface area contributed by atoms with Gasteiger partial charge >= 0.3 is 0 Å². The van der Waals surface area contributed by atoms with E-state index in [1.807, 2.05) is 36.4 Å². The second-order valence-corrected chi connectivity index (χ2v) is 25.3. The van der Waals surface area contributed by atoms with Gasteiger partial charge in [0.25, 0.3) is 0 Å². The number of rotatable bonds is 51. The number of hydrogen-bond donors (Lipinski definition) is 20. The van der Waals surface area contributed by atoms with Crippen LogP contribution < -0.4 is 105 Å². The number of carbonyl (C=O) groups is 12. The Morgan fingerprint density at radius 3 is 1.24 bits per heavy atom. The number of benzene rings is 2. The molecule has 0 fully saturated rings. The minimum atomic E-state index is -1.78. The predicted octanol–water partition coefficient (Wildman–Crippen LogP) is -4.17. The molecule has 0 unspecified atom stereocenters. The van der Waals surface area contributed by atoms with E-state index >= 15 is 0 Å².